The van der Waals surface area contributed by atoms with Crippen LogP contribution in [0.2, 0.25) is 0 Å². The normalized spacial score (nSPS) is 12.0. The van der Waals surface area contributed by atoms with Crippen LogP contribution in [0, 0.1) is 11.3 Å². The van der Waals surface area contributed by atoms with Crippen LogP contribution in [0.4, 0.5) is 5.82 Å². The first kappa shape index (κ1) is 12.0. The van der Waals surface area contributed by atoms with Crippen molar-refractivity contribution < 1.29 is 0 Å². The van der Waals surface area contributed by atoms with Crippen LogP contribution < -0.4 is 5.32 Å². The summed E-state index contributed by atoms with van der Waals surface area (Å²) >= 11 is 0. The van der Waals surface area contributed by atoms with Crippen molar-refractivity contribution in [2.45, 2.75) is 13.0 Å². The molecule has 0 spiro atoms. The Kier molecular flexibility index (Phi) is 2.97. The number of fused-ring (bicyclic) bond motifs is 1. The Hall–Kier alpha value is -3.01. The summed E-state index contributed by atoms with van der Waals surface area (Å²) < 4.78 is 0. The number of hydrogen-bond donors (Lipinski definition) is 2. The minimum Gasteiger partial charge on any atom is -0.359 e. The fraction of sp³-hybridized carbons (Fsp3) is 0.154. The van der Waals surface area contributed by atoms with Crippen LogP contribution in [-0.2, 0) is 0 Å². The van der Waals surface area contributed by atoms with Crippen LogP contribution in [0.3, 0.4) is 0 Å². The van der Waals surface area contributed by atoms with Gasteiger partial charge in [0, 0.05) is 5.39 Å². The first-order valence-corrected chi connectivity index (χ1v) is 6.07. The highest BCUT2D eigenvalue weighted by molar-refractivity contribution is 5.82. The maximum Gasteiger partial charge on any atom is 0.196 e. The van der Waals surface area contributed by atoms with Crippen molar-refractivity contribution >= 4 is 16.7 Å². The number of H-pyrrole nitrogens is 1. The average Bonchev–Trinajstić information content (AvgIpc) is 3.01. The van der Waals surface area contributed by atoms with Gasteiger partial charge in [0.1, 0.15) is 11.9 Å². The molecule has 1 aromatic carbocycles. The SMILES string of the molecule is CC(Nc1nc2ccccc2cc1C#N)c1nn[nH]n1. The highest BCUT2D eigenvalue weighted by Crippen LogP contribution is 2.22. The molecule has 0 bridgehead atoms. The minimum absolute atomic E-state index is 0.200. The molecule has 0 amide bonds. The standard InChI is InChI=1S/C13H11N7/c1-8(12-17-19-20-18-12)15-13-10(7-14)6-9-4-2-3-5-11(9)16-13/h2-6,8H,1H3,(H,15,16)(H,17,18,19,20). The van der Waals surface area contributed by atoms with E-state index in [-0.39, 0.29) is 6.04 Å². The Morgan fingerprint density at radius 2 is 2.20 bits per heavy atom. The Bertz CT molecular complexity index is 773. The highest BCUT2D eigenvalue weighted by Gasteiger charge is 2.14. The zero-order valence-electron chi connectivity index (χ0n) is 10.7. The van der Waals surface area contributed by atoms with Crippen molar-refractivity contribution in [3.8, 4) is 6.07 Å². The molecule has 1 atom stereocenters. The zero-order valence-corrected chi connectivity index (χ0v) is 10.7. The van der Waals surface area contributed by atoms with Gasteiger partial charge in [-0.15, -0.1) is 10.2 Å². The third kappa shape index (κ3) is 2.14. The number of aromatic nitrogens is 5. The molecule has 3 aromatic rings. The van der Waals surface area contributed by atoms with Crippen molar-refractivity contribution in [2.24, 2.45) is 0 Å². The van der Waals surface area contributed by atoms with Gasteiger partial charge in [-0.25, -0.2) is 4.98 Å². The summed E-state index contributed by atoms with van der Waals surface area (Å²) in [5.74, 6) is 1.03. The van der Waals surface area contributed by atoms with E-state index in [0.29, 0.717) is 17.2 Å². The molecule has 2 aromatic heterocycles. The number of rotatable bonds is 3. The van der Waals surface area contributed by atoms with Crippen LogP contribution >= 0.6 is 0 Å². The fourth-order valence-electron chi connectivity index (χ4n) is 1.93. The third-order valence-electron chi connectivity index (χ3n) is 2.95. The maximum atomic E-state index is 9.24. The number of nitrogens with one attached hydrogen (secondary N) is 2. The second kappa shape index (κ2) is 4.93. The molecule has 20 heavy (non-hydrogen) atoms. The molecule has 3 rings (SSSR count). The van der Waals surface area contributed by atoms with Crippen LogP contribution in [0.5, 0.6) is 0 Å². The van der Waals surface area contributed by atoms with Gasteiger partial charge in [-0.1, -0.05) is 23.4 Å². The first-order chi connectivity index (χ1) is 9.78. The number of benzene rings is 1. The summed E-state index contributed by atoms with van der Waals surface area (Å²) in [6.07, 6.45) is 0. The van der Waals surface area contributed by atoms with Crippen LogP contribution in [0.15, 0.2) is 30.3 Å². The van der Waals surface area contributed by atoms with Gasteiger partial charge in [0.25, 0.3) is 0 Å². The van der Waals surface area contributed by atoms with E-state index in [4.69, 9.17) is 0 Å². The number of hydrogen-bond acceptors (Lipinski definition) is 6. The van der Waals surface area contributed by atoms with Gasteiger partial charge in [0.05, 0.1) is 17.1 Å². The fourth-order valence-corrected chi connectivity index (χ4v) is 1.93. The van der Waals surface area contributed by atoms with Crippen molar-refractivity contribution in [1.82, 2.24) is 25.6 Å². The Morgan fingerprint density at radius 1 is 1.35 bits per heavy atom. The second-order valence-electron chi connectivity index (χ2n) is 4.33. The smallest absolute Gasteiger partial charge is 0.196 e. The predicted octanol–water partition coefficient (Wildman–Crippen LogP) is 1.79. The number of aromatic amines is 1. The summed E-state index contributed by atoms with van der Waals surface area (Å²) in [5, 5.41) is 27.0. The van der Waals surface area contributed by atoms with Crippen LogP contribution in [-0.4, -0.2) is 25.6 Å². The number of anilines is 1. The van der Waals surface area contributed by atoms with Crippen molar-refractivity contribution in [2.75, 3.05) is 5.32 Å². The minimum atomic E-state index is -0.200. The molecule has 7 heteroatoms. The van der Waals surface area contributed by atoms with Gasteiger partial charge in [-0.2, -0.15) is 10.5 Å². The molecule has 0 radical (unpaired) electrons. The van der Waals surface area contributed by atoms with E-state index in [2.05, 4.69) is 37.0 Å². The molecule has 0 saturated carbocycles. The zero-order chi connectivity index (χ0) is 13.9. The van der Waals surface area contributed by atoms with Gasteiger partial charge >= 0.3 is 0 Å². The number of tetrazole rings is 1. The van der Waals surface area contributed by atoms with E-state index in [9.17, 15) is 5.26 Å². The molecule has 0 aliphatic heterocycles. The van der Waals surface area contributed by atoms with E-state index < -0.39 is 0 Å². The van der Waals surface area contributed by atoms with E-state index in [1.54, 1.807) is 0 Å². The van der Waals surface area contributed by atoms with E-state index in [0.717, 1.165) is 10.9 Å². The first-order valence-electron chi connectivity index (χ1n) is 6.07. The Balaban J connectivity index is 2.00. The van der Waals surface area contributed by atoms with E-state index in [1.807, 2.05) is 37.3 Å². The van der Waals surface area contributed by atoms with Crippen molar-refractivity contribution in [3.05, 3.63) is 41.7 Å². The van der Waals surface area contributed by atoms with E-state index >= 15 is 0 Å². The summed E-state index contributed by atoms with van der Waals surface area (Å²) in [4.78, 5) is 4.48. The number of nitrogens with zero attached hydrogens (tertiary/aromatic N) is 5. The molecule has 1 unspecified atom stereocenters. The maximum absolute atomic E-state index is 9.24. The van der Waals surface area contributed by atoms with Crippen LogP contribution in [0.25, 0.3) is 10.9 Å². The Morgan fingerprint density at radius 3 is 2.95 bits per heavy atom. The largest absolute Gasteiger partial charge is 0.359 e. The lowest BCUT2D eigenvalue weighted by Crippen LogP contribution is -2.11. The third-order valence-corrected chi connectivity index (χ3v) is 2.95. The van der Waals surface area contributed by atoms with Gasteiger partial charge < -0.3 is 5.32 Å². The highest BCUT2D eigenvalue weighted by atomic mass is 15.5. The summed E-state index contributed by atoms with van der Waals surface area (Å²) in [6.45, 7) is 1.88. The lowest BCUT2D eigenvalue weighted by molar-refractivity contribution is 0.788. The second-order valence-corrected chi connectivity index (χ2v) is 4.33. The summed E-state index contributed by atoms with van der Waals surface area (Å²) in [5.41, 5.74) is 1.31. The van der Waals surface area contributed by atoms with Gasteiger partial charge in [0.2, 0.25) is 0 Å². The lowest BCUT2D eigenvalue weighted by Gasteiger charge is -2.12. The number of pyridine rings is 1. The molecule has 98 valence electrons. The topological polar surface area (TPSA) is 103 Å². The molecule has 0 aliphatic rings. The Labute approximate surface area is 114 Å². The van der Waals surface area contributed by atoms with Crippen LogP contribution in [0.1, 0.15) is 24.4 Å². The van der Waals surface area contributed by atoms with Gasteiger partial charge in [-0.05, 0) is 19.1 Å². The molecule has 0 saturated heterocycles. The molecule has 7 nitrogen and oxygen atoms in total. The van der Waals surface area contributed by atoms with Gasteiger partial charge in [-0.3, -0.25) is 0 Å². The summed E-state index contributed by atoms with van der Waals surface area (Å²) in [6, 6.07) is 11.4. The lowest BCUT2D eigenvalue weighted by atomic mass is 10.1. The number of para-hydroxylation sites is 1. The quantitative estimate of drug-likeness (QED) is 0.748. The molecule has 2 N–H and O–H groups in total. The average molecular weight is 265 g/mol. The van der Waals surface area contributed by atoms with Gasteiger partial charge in [0.15, 0.2) is 5.82 Å². The van der Waals surface area contributed by atoms with Crippen molar-refractivity contribution in [1.29, 1.82) is 5.26 Å². The molecule has 0 fully saturated rings. The monoisotopic (exact) mass is 265 g/mol. The van der Waals surface area contributed by atoms with Crippen molar-refractivity contribution in [3.63, 3.8) is 0 Å². The molecule has 2 heterocycles. The predicted molar refractivity (Wildman–Crippen MR) is 72.7 cm³/mol. The summed E-state index contributed by atoms with van der Waals surface area (Å²) in [7, 11) is 0. The molecular formula is C13H11N7. The van der Waals surface area contributed by atoms with E-state index in [1.165, 1.54) is 0 Å². The molecule has 0 aliphatic carbocycles. The molecular weight excluding hydrogens is 254 g/mol. The number of nitriles is 1.